The van der Waals surface area contributed by atoms with E-state index >= 15 is 0 Å². The molecule has 0 radical (unpaired) electrons. The molecule has 0 bridgehead atoms. The molecule has 2 aromatic heterocycles. The molecule has 2 heterocycles. The Hall–Kier alpha value is -1.93. The van der Waals surface area contributed by atoms with Gasteiger partial charge < -0.3 is 5.32 Å². The summed E-state index contributed by atoms with van der Waals surface area (Å²) in [7, 11) is 0. The van der Waals surface area contributed by atoms with E-state index in [1.165, 1.54) is 5.56 Å². The summed E-state index contributed by atoms with van der Waals surface area (Å²) in [5, 5.41) is 11.5. The molecule has 1 N–H and O–H groups in total. The average Bonchev–Trinajstić information content (AvgIpc) is 3.04. The SMILES string of the molecule is Cc1ccc(Cn2cc(Br)c(NC(=O)Cn3cc(Br)c(C)n3)n2)cc1. The van der Waals surface area contributed by atoms with Crippen LogP contribution in [-0.4, -0.2) is 25.5 Å². The van der Waals surface area contributed by atoms with Crippen molar-refractivity contribution in [1.29, 1.82) is 0 Å². The van der Waals surface area contributed by atoms with Gasteiger partial charge in [-0.25, -0.2) is 0 Å². The first-order valence-corrected chi connectivity index (χ1v) is 9.27. The van der Waals surface area contributed by atoms with E-state index in [1.54, 1.807) is 15.6 Å². The van der Waals surface area contributed by atoms with Gasteiger partial charge in [-0.15, -0.1) is 0 Å². The summed E-state index contributed by atoms with van der Waals surface area (Å²) in [6.07, 6.45) is 3.63. The predicted molar refractivity (Wildman–Crippen MR) is 104 cm³/mol. The molecule has 1 amide bonds. The minimum atomic E-state index is -0.184. The first-order chi connectivity index (χ1) is 11.9. The van der Waals surface area contributed by atoms with Crippen molar-refractivity contribution < 1.29 is 4.79 Å². The van der Waals surface area contributed by atoms with Crippen LogP contribution in [0, 0.1) is 13.8 Å². The van der Waals surface area contributed by atoms with Crippen LogP contribution in [-0.2, 0) is 17.9 Å². The van der Waals surface area contributed by atoms with E-state index in [4.69, 9.17) is 0 Å². The predicted octanol–water partition coefficient (Wildman–Crippen LogP) is 3.91. The maximum atomic E-state index is 12.2. The van der Waals surface area contributed by atoms with Gasteiger partial charge >= 0.3 is 0 Å². The summed E-state index contributed by atoms with van der Waals surface area (Å²) in [5.74, 6) is 0.316. The van der Waals surface area contributed by atoms with Crippen LogP contribution in [0.15, 0.2) is 45.6 Å². The first-order valence-electron chi connectivity index (χ1n) is 7.68. The molecule has 6 nitrogen and oxygen atoms in total. The summed E-state index contributed by atoms with van der Waals surface area (Å²) in [6, 6.07) is 8.28. The fourth-order valence-electron chi connectivity index (χ4n) is 2.34. The normalized spacial score (nSPS) is 10.9. The van der Waals surface area contributed by atoms with Crippen molar-refractivity contribution in [2.75, 3.05) is 5.32 Å². The van der Waals surface area contributed by atoms with Crippen molar-refractivity contribution >= 4 is 43.6 Å². The summed E-state index contributed by atoms with van der Waals surface area (Å²) < 4.78 is 5.00. The van der Waals surface area contributed by atoms with Gasteiger partial charge in [-0.2, -0.15) is 10.2 Å². The number of amides is 1. The van der Waals surface area contributed by atoms with Gasteiger partial charge in [-0.1, -0.05) is 29.8 Å². The Morgan fingerprint density at radius 3 is 2.36 bits per heavy atom. The molecular weight excluding hydrogens is 450 g/mol. The zero-order valence-corrected chi connectivity index (χ0v) is 17.0. The number of aromatic nitrogens is 4. The number of halogens is 2. The number of carbonyl (C=O) groups is 1. The van der Waals surface area contributed by atoms with Gasteiger partial charge in [0.25, 0.3) is 0 Å². The van der Waals surface area contributed by atoms with E-state index in [0.717, 1.165) is 20.2 Å². The van der Waals surface area contributed by atoms with Gasteiger partial charge in [0, 0.05) is 12.4 Å². The Balaban J connectivity index is 1.65. The summed E-state index contributed by atoms with van der Waals surface area (Å²) in [4.78, 5) is 12.2. The minimum absolute atomic E-state index is 0.129. The van der Waals surface area contributed by atoms with Crippen LogP contribution in [0.3, 0.4) is 0 Å². The molecule has 0 unspecified atom stereocenters. The lowest BCUT2D eigenvalue weighted by atomic mass is 10.1. The number of nitrogens with one attached hydrogen (secondary N) is 1. The highest BCUT2D eigenvalue weighted by molar-refractivity contribution is 9.10. The Morgan fingerprint density at radius 2 is 1.72 bits per heavy atom. The lowest BCUT2D eigenvalue weighted by molar-refractivity contribution is -0.116. The second-order valence-electron chi connectivity index (χ2n) is 5.82. The van der Waals surface area contributed by atoms with Crippen LogP contribution in [0.4, 0.5) is 5.82 Å². The van der Waals surface area contributed by atoms with E-state index in [-0.39, 0.29) is 12.5 Å². The maximum absolute atomic E-state index is 12.2. The molecule has 0 aliphatic heterocycles. The number of hydrogen-bond acceptors (Lipinski definition) is 3. The van der Waals surface area contributed by atoms with E-state index in [2.05, 4.69) is 78.6 Å². The third kappa shape index (κ3) is 4.58. The zero-order valence-electron chi connectivity index (χ0n) is 13.8. The second-order valence-corrected chi connectivity index (χ2v) is 7.53. The van der Waals surface area contributed by atoms with Gasteiger partial charge in [0.2, 0.25) is 5.91 Å². The fraction of sp³-hybridized carbons (Fsp3) is 0.235. The Kier molecular flexibility index (Phi) is 5.39. The zero-order chi connectivity index (χ0) is 18.0. The quantitative estimate of drug-likeness (QED) is 0.619. The molecule has 130 valence electrons. The van der Waals surface area contributed by atoms with Crippen molar-refractivity contribution in [3.8, 4) is 0 Å². The van der Waals surface area contributed by atoms with Crippen LogP contribution in [0.5, 0.6) is 0 Å². The number of hydrogen-bond donors (Lipinski definition) is 1. The van der Waals surface area contributed by atoms with Crippen LogP contribution in [0.1, 0.15) is 16.8 Å². The third-order valence-electron chi connectivity index (χ3n) is 3.63. The van der Waals surface area contributed by atoms with Crippen molar-refractivity contribution in [3.63, 3.8) is 0 Å². The van der Waals surface area contributed by atoms with Crippen LogP contribution >= 0.6 is 31.9 Å². The molecule has 0 atom stereocenters. The molecule has 0 saturated heterocycles. The molecule has 8 heteroatoms. The van der Waals surface area contributed by atoms with E-state index in [9.17, 15) is 4.79 Å². The highest BCUT2D eigenvalue weighted by Gasteiger charge is 2.12. The lowest BCUT2D eigenvalue weighted by Crippen LogP contribution is -2.19. The second kappa shape index (κ2) is 7.53. The fourth-order valence-corrected chi connectivity index (χ4v) is 3.07. The summed E-state index contributed by atoms with van der Waals surface area (Å²) in [6.45, 7) is 4.70. The lowest BCUT2D eigenvalue weighted by Gasteiger charge is -2.04. The van der Waals surface area contributed by atoms with Gasteiger partial charge in [0.15, 0.2) is 5.82 Å². The van der Waals surface area contributed by atoms with Crippen molar-refractivity contribution in [2.24, 2.45) is 0 Å². The minimum Gasteiger partial charge on any atom is -0.307 e. The van der Waals surface area contributed by atoms with E-state index in [1.807, 2.05) is 13.1 Å². The highest BCUT2D eigenvalue weighted by atomic mass is 79.9. The maximum Gasteiger partial charge on any atom is 0.247 e. The smallest absolute Gasteiger partial charge is 0.247 e. The van der Waals surface area contributed by atoms with Crippen LogP contribution < -0.4 is 5.32 Å². The van der Waals surface area contributed by atoms with Gasteiger partial charge in [0.05, 0.1) is 21.2 Å². The molecule has 0 aliphatic carbocycles. The van der Waals surface area contributed by atoms with Crippen molar-refractivity contribution in [1.82, 2.24) is 19.6 Å². The van der Waals surface area contributed by atoms with E-state index < -0.39 is 0 Å². The standard InChI is InChI=1S/C17H17Br2N5O/c1-11-3-5-13(6-4-11)7-23-9-15(19)17(22-23)20-16(25)10-24-8-14(18)12(2)21-24/h3-6,8-9H,7,10H2,1-2H3,(H,20,22,25). The molecule has 1 aromatic carbocycles. The number of carbonyl (C=O) groups excluding carboxylic acids is 1. The Morgan fingerprint density at radius 1 is 1.04 bits per heavy atom. The molecule has 3 aromatic rings. The van der Waals surface area contributed by atoms with E-state index in [0.29, 0.717) is 12.4 Å². The van der Waals surface area contributed by atoms with Crippen molar-refractivity contribution in [2.45, 2.75) is 26.9 Å². The number of rotatable bonds is 5. The van der Waals surface area contributed by atoms with Crippen molar-refractivity contribution in [3.05, 3.63) is 62.4 Å². The molecule has 0 saturated carbocycles. The molecule has 25 heavy (non-hydrogen) atoms. The van der Waals surface area contributed by atoms with Gasteiger partial charge in [-0.3, -0.25) is 14.2 Å². The number of anilines is 1. The molecular formula is C17H17Br2N5O. The third-order valence-corrected chi connectivity index (χ3v) is 4.99. The average molecular weight is 467 g/mol. The number of aryl methyl sites for hydroxylation is 2. The summed E-state index contributed by atoms with van der Waals surface area (Å²) in [5.41, 5.74) is 3.21. The number of nitrogens with zero attached hydrogens (tertiary/aromatic N) is 4. The number of benzene rings is 1. The van der Waals surface area contributed by atoms with Crippen LogP contribution in [0.25, 0.3) is 0 Å². The topological polar surface area (TPSA) is 64.7 Å². The molecule has 0 spiro atoms. The summed E-state index contributed by atoms with van der Waals surface area (Å²) >= 11 is 6.83. The largest absolute Gasteiger partial charge is 0.307 e. The first kappa shape index (κ1) is 17.9. The monoisotopic (exact) mass is 465 g/mol. The molecule has 3 rings (SSSR count). The van der Waals surface area contributed by atoms with Gasteiger partial charge in [-0.05, 0) is 51.3 Å². The van der Waals surface area contributed by atoms with Crippen LogP contribution in [0.2, 0.25) is 0 Å². The Labute approximate surface area is 162 Å². The highest BCUT2D eigenvalue weighted by Crippen LogP contribution is 2.21. The Bertz CT molecular complexity index is 879. The molecule has 0 aliphatic rings. The van der Waals surface area contributed by atoms with Gasteiger partial charge in [0.1, 0.15) is 6.54 Å². The molecule has 0 fully saturated rings.